The van der Waals surface area contributed by atoms with Gasteiger partial charge in [0, 0.05) is 29.1 Å². The van der Waals surface area contributed by atoms with Crippen LogP contribution in [-0.2, 0) is 0 Å². The molecule has 16 heavy (non-hydrogen) atoms. The summed E-state index contributed by atoms with van der Waals surface area (Å²) in [5.41, 5.74) is 0.698. The van der Waals surface area contributed by atoms with Gasteiger partial charge in [0.2, 0.25) is 0 Å². The predicted octanol–water partition coefficient (Wildman–Crippen LogP) is 2.26. The molecule has 1 saturated heterocycles. The van der Waals surface area contributed by atoms with Crippen LogP contribution in [0.3, 0.4) is 0 Å². The van der Waals surface area contributed by atoms with Crippen LogP contribution in [-0.4, -0.2) is 37.0 Å². The molecule has 1 fully saturated rings. The molecule has 1 amide bonds. The number of carbonyl (C=O) groups is 1. The molecule has 1 aliphatic heterocycles. The number of rotatable bonds is 2. The Morgan fingerprint density at radius 3 is 2.69 bits per heavy atom. The molecule has 0 aromatic heterocycles. The number of nitrogens with one attached hydrogen (secondary N) is 1. The third kappa shape index (κ3) is 2.31. The monoisotopic (exact) mass is 346 g/mol. The van der Waals surface area contributed by atoms with Crippen molar-refractivity contribution in [2.45, 2.75) is 6.04 Å². The second-order valence-electron chi connectivity index (χ2n) is 3.85. The van der Waals surface area contributed by atoms with Gasteiger partial charge < -0.3 is 10.2 Å². The van der Waals surface area contributed by atoms with Crippen LogP contribution in [0, 0.1) is 0 Å². The average Bonchev–Trinajstić information content (AvgIpc) is 2.18. The molecule has 1 heterocycles. The molecular weight excluding hydrogens is 336 g/mol. The van der Waals surface area contributed by atoms with Crippen LogP contribution < -0.4 is 5.32 Å². The van der Waals surface area contributed by atoms with Crippen molar-refractivity contribution in [1.82, 2.24) is 10.2 Å². The van der Waals surface area contributed by atoms with E-state index in [4.69, 9.17) is 0 Å². The van der Waals surface area contributed by atoms with Gasteiger partial charge in [-0.2, -0.15) is 0 Å². The fourth-order valence-electron chi connectivity index (χ4n) is 1.56. The molecule has 0 unspecified atom stereocenters. The van der Waals surface area contributed by atoms with Crippen molar-refractivity contribution in [3.8, 4) is 0 Å². The van der Waals surface area contributed by atoms with Crippen LogP contribution in [0.5, 0.6) is 0 Å². The largest absolute Gasteiger partial charge is 0.336 e. The van der Waals surface area contributed by atoms with Crippen LogP contribution >= 0.6 is 31.9 Å². The zero-order valence-electron chi connectivity index (χ0n) is 8.84. The standard InChI is InChI=1S/C11H12Br2N2O/c1-15(8-5-14-6-8)11(16)9-4-7(12)2-3-10(9)13/h2-4,8,14H,5-6H2,1H3. The van der Waals surface area contributed by atoms with Crippen LogP contribution in [0.4, 0.5) is 0 Å². The molecular formula is C11H12Br2N2O. The van der Waals surface area contributed by atoms with Gasteiger partial charge in [-0.3, -0.25) is 4.79 Å². The Hall–Kier alpha value is -0.390. The Balaban J connectivity index is 2.22. The van der Waals surface area contributed by atoms with Crippen molar-refractivity contribution in [2.75, 3.05) is 20.1 Å². The summed E-state index contributed by atoms with van der Waals surface area (Å²) in [6.45, 7) is 1.77. The molecule has 0 bridgehead atoms. The van der Waals surface area contributed by atoms with Crippen molar-refractivity contribution < 1.29 is 4.79 Å². The Morgan fingerprint density at radius 2 is 2.12 bits per heavy atom. The molecule has 0 aliphatic carbocycles. The lowest BCUT2D eigenvalue weighted by Crippen LogP contribution is -2.57. The van der Waals surface area contributed by atoms with Gasteiger partial charge in [-0.15, -0.1) is 0 Å². The smallest absolute Gasteiger partial charge is 0.255 e. The number of amides is 1. The molecule has 3 nitrogen and oxygen atoms in total. The molecule has 2 rings (SSSR count). The van der Waals surface area contributed by atoms with E-state index in [9.17, 15) is 4.79 Å². The predicted molar refractivity (Wildman–Crippen MR) is 70.6 cm³/mol. The first-order valence-corrected chi connectivity index (χ1v) is 6.61. The Labute approximate surface area is 111 Å². The first-order chi connectivity index (χ1) is 7.59. The average molecular weight is 348 g/mol. The van der Waals surface area contributed by atoms with Gasteiger partial charge in [-0.1, -0.05) is 15.9 Å². The first-order valence-electron chi connectivity index (χ1n) is 5.02. The quantitative estimate of drug-likeness (QED) is 0.890. The van der Waals surface area contributed by atoms with Crippen molar-refractivity contribution in [2.24, 2.45) is 0 Å². The Morgan fingerprint density at radius 1 is 1.44 bits per heavy atom. The zero-order chi connectivity index (χ0) is 11.7. The van der Waals surface area contributed by atoms with E-state index in [-0.39, 0.29) is 5.91 Å². The van der Waals surface area contributed by atoms with Crippen LogP contribution in [0.1, 0.15) is 10.4 Å². The number of hydrogen-bond acceptors (Lipinski definition) is 2. The minimum absolute atomic E-state index is 0.0553. The summed E-state index contributed by atoms with van der Waals surface area (Å²) in [5, 5.41) is 3.16. The number of carbonyl (C=O) groups excluding carboxylic acids is 1. The molecule has 5 heteroatoms. The van der Waals surface area contributed by atoms with Crippen LogP contribution in [0.15, 0.2) is 27.1 Å². The van der Waals surface area contributed by atoms with E-state index < -0.39 is 0 Å². The normalized spacial score (nSPS) is 15.7. The zero-order valence-corrected chi connectivity index (χ0v) is 12.0. The molecule has 1 aromatic carbocycles. The Bertz CT molecular complexity index is 418. The van der Waals surface area contributed by atoms with E-state index >= 15 is 0 Å². The maximum Gasteiger partial charge on any atom is 0.255 e. The van der Waals surface area contributed by atoms with Gasteiger partial charge in [-0.05, 0) is 34.1 Å². The second kappa shape index (κ2) is 4.85. The molecule has 0 spiro atoms. The molecule has 86 valence electrons. The second-order valence-corrected chi connectivity index (χ2v) is 5.62. The highest BCUT2D eigenvalue weighted by molar-refractivity contribution is 9.11. The van der Waals surface area contributed by atoms with E-state index in [1.807, 2.05) is 25.2 Å². The third-order valence-electron chi connectivity index (χ3n) is 2.79. The fraction of sp³-hybridized carbons (Fsp3) is 0.364. The summed E-state index contributed by atoms with van der Waals surface area (Å²) in [7, 11) is 1.85. The maximum atomic E-state index is 12.2. The molecule has 0 saturated carbocycles. The summed E-state index contributed by atoms with van der Waals surface area (Å²) < 4.78 is 1.75. The van der Waals surface area contributed by atoms with Gasteiger partial charge in [0.1, 0.15) is 0 Å². The lowest BCUT2D eigenvalue weighted by Gasteiger charge is -2.35. The topological polar surface area (TPSA) is 32.3 Å². The first kappa shape index (κ1) is 12.1. The van der Waals surface area contributed by atoms with Crippen molar-refractivity contribution in [3.05, 3.63) is 32.7 Å². The number of likely N-dealkylation sites (N-methyl/N-ethyl adjacent to an activating group) is 1. The molecule has 0 radical (unpaired) electrons. The summed E-state index contributed by atoms with van der Waals surface area (Å²) in [6, 6.07) is 5.95. The van der Waals surface area contributed by atoms with E-state index in [0.29, 0.717) is 11.6 Å². The highest BCUT2D eigenvalue weighted by Gasteiger charge is 2.26. The fourth-order valence-corrected chi connectivity index (χ4v) is 2.34. The molecule has 0 atom stereocenters. The number of halogens is 2. The lowest BCUT2D eigenvalue weighted by atomic mass is 10.1. The summed E-state index contributed by atoms with van der Waals surface area (Å²) in [5.74, 6) is 0.0553. The SMILES string of the molecule is CN(C(=O)c1cc(Br)ccc1Br)C1CNC1. The highest BCUT2D eigenvalue weighted by atomic mass is 79.9. The van der Waals surface area contributed by atoms with Gasteiger partial charge in [0.05, 0.1) is 11.6 Å². The third-order valence-corrected chi connectivity index (χ3v) is 3.97. The van der Waals surface area contributed by atoms with E-state index in [2.05, 4.69) is 37.2 Å². The van der Waals surface area contributed by atoms with Crippen molar-refractivity contribution >= 4 is 37.8 Å². The van der Waals surface area contributed by atoms with E-state index in [1.54, 1.807) is 4.90 Å². The number of nitrogens with zero attached hydrogens (tertiary/aromatic N) is 1. The molecule has 1 aromatic rings. The Kier molecular flexibility index (Phi) is 3.66. The molecule has 1 N–H and O–H groups in total. The minimum atomic E-state index is 0.0553. The van der Waals surface area contributed by atoms with E-state index in [1.165, 1.54) is 0 Å². The van der Waals surface area contributed by atoms with Crippen molar-refractivity contribution in [3.63, 3.8) is 0 Å². The van der Waals surface area contributed by atoms with Crippen LogP contribution in [0.25, 0.3) is 0 Å². The van der Waals surface area contributed by atoms with Crippen molar-refractivity contribution in [1.29, 1.82) is 0 Å². The number of benzene rings is 1. The highest BCUT2D eigenvalue weighted by Crippen LogP contribution is 2.23. The molecule has 1 aliphatic rings. The van der Waals surface area contributed by atoms with Gasteiger partial charge in [0.15, 0.2) is 0 Å². The summed E-state index contributed by atoms with van der Waals surface area (Å²) >= 11 is 6.78. The van der Waals surface area contributed by atoms with Gasteiger partial charge >= 0.3 is 0 Å². The van der Waals surface area contributed by atoms with Gasteiger partial charge in [-0.25, -0.2) is 0 Å². The summed E-state index contributed by atoms with van der Waals surface area (Å²) in [4.78, 5) is 14.0. The van der Waals surface area contributed by atoms with Crippen LogP contribution in [0.2, 0.25) is 0 Å². The maximum absolute atomic E-state index is 12.2. The lowest BCUT2D eigenvalue weighted by molar-refractivity contribution is 0.0680. The minimum Gasteiger partial charge on any atom is -0.336 e. The summed E-state index contributed by atoms with van der Waals surface area (Å²) in [6.07, 6.45) is 0. The van der Waals surface area contributed by atoms with E-state index in [0.717, 1.165) is 22.0 Å². The number of hydrogen-bond donors (Lipinski definition) is 1. The van der Waals surface area contributed by atoms with Gasteiger partial charge in [0.25, 0.3) is 5.91 Å².